The summed E-state index contributed by atoms with van der Waals surface area (Å²) in [6.07, 6.45) is 1.59. The van der Waals surface area contributed by atoms with Gasteiger partial charge in [-0.15, -0.1) is 0 Å². The van der Waals surface area contributed by atoms with Gasteiger partial charge in [0.1, 0.15) is 5.25 Å². The monoisotopic (exact) mass is 524 g/mol. The maximum absolute atomic E-state index is 13.0. The van der Waals surface area contributed by atoms with Crippen molar-refractivity contribution in [2.45, 2.75) is 29.2 Å². The third-order valence-electron chi connectivity index (χ3n) is 6.39. The molecule has 1 unspecified atom stereocenters. The van der Waals surface area contributed by atoms with Crippen LogP contribution < -0.4 is 5.32 Å². The van der Waals surface area contributed by atoms with Crippen LogP contribution >= 0.6 is 0 Å². The van der Waals surface area contributed by atoms with Gasteiger partial charge >= 0.3 is 6.18 Å². The molecule has 0 spiro atoms. The van der Waals surface area contributed by atoms with Gasteiger partial charge in [-0.2, -0.15) is 13.2 Å². The molecule has 1 saturated heterocycles. The van der Waals surface area contributed by atoms with E-state index < -0.39 is 22.9 Å². The highest BCUT2D eigenvalue weighted by Crippen LogP contribution is 2.33. The minimum absolute atomic E-state index is 0.000391. The normalized spacial score (nSPS) is 15.5. The van der Waals surface area contributed by atoms with Crippen LogP contribution in [0.5, 0.6) is 0 Å². The zero-order chi connectivity index (χ0) is 26.0. The predicted octanol–water partition coefficient (Wildman–Crippen LogP) is 5.80. The SMILES string of the molecule is O=C(c1ccc(Nc2ccnc3cc(C(F)(F)F)ccc23)cc1)N1CCC([S+]([O-])c2ccncc2)CC1. The number of pyridine rings is 2. The summed E-state index contributed by atoms with van der Waals surface area (Å²) in [4.78, 5) is 23.6. The summed E-state index contributed by atoms with van der Waals surface area (Å²) in [6.45, 7) is 1.06. The van der Waals surface area contributed by atoms with Crippen LogP contribution in [-0.2, 0) is 17.4 Å². The van der Waals surface area contributed by atoms with E-state index in [4.69, 9.17) is 0 Å². The van der Waals surface area contributed by atoms with Gasteiger partial charge < -0.3 is 14.8 Å². The molecular weight excluding hydrogens is 501 g/mol. The highest BCUT2D eigenvalue weighted by atomic mass is 32.2. The summed E-state index contributed by atoms with van der Waals surface area (Å²) in [7, 11) is 0. The van der Waals surface area contributed by atoms with E-state index in [1.807, 2.05) is 0 Å². The maximum Gasteiger partial charge on any atom is 0.416 e. The molecule has 1 amide bonds. The Morgan fingerprint density at radius 3 is 2.35 bits per heavy atom. The lowest BCUT2D eigenvalue weighted by molar-refractivity contribution is -0.137. The number of alkyl halides is 3. The van der Waals surface area contributed by atoms with E-state index in [-0.39, 0.29) is 16.7 Å². The summed E-state index contributed by atoms with van der Waals surface area (Å²) < 4.78 is 51.9. The fraction of sp³-hybridized carbons (Fsp3) is 0.222. The van der Waals surface area contributed by atoms with Crippen molar-refractivity contribution in [3.63, 3.8) is 0 Å². The van der Waals surface area contributed by atoms with E-state index in [1.54, 1.807) is 59.8 Å². The number of nitrogens with zero attached hydrogens (tertiary/aromatic N) is 3. The molecule has 0 radical (unpaired) electrons. The number of amides is 1. The average molecular weight is 525 g/mol. The van der Waals surface area contributed by atoms with Crippen molar-refractivity contribution >= 4 is 39.4 Å². The second-order valence-corrected chi connectivity index (χ2v) is 10.5. The van der Waals surface area contributed by atoms with Crippen LogP contribution in [0.3, 0.4) is 0 Å². The molecule has 190 valence electrons. The summed E-state index contributed by atoms with van der Waals surface area (Å²) in [5.41, 5.74) is 1.33. The number of rotatable bonds is 5. The van der Waals surface area contributed by atoms with Gasteiger partial charge in [0.25, 0.3) is 5.91 Å². The number of benzene rings is 2. The molecule has 10 heteroatoms. The third-order valence-corrected chi connectivity index (χ3v) is 8.21. The van der Waals surface area contributed by atoms with E-state index in [2.05, 4.69) is 15.3 Å². The summed E-state index contributed by atoms with van der Waals surface area (Å²) in [6, 6.07) is 15.6. The number of hydrogen-bond donors (Lipinski definition) is 1. The van der Waals surface area contributed by atoms with E-state index in [0.717, 1.165) is 17.0 Å². The molecular formula is C27H23F3N4O2S. The molecule has 1 aliphatic heterocycles. The van der Waals surface area contributed by atoms with Gasteiger partial charge in [0.15, 0.2) is 4.90 Å². The number of likely N-dealkylation sites (tertiary alicyclic amines) is 1. The molecule has 3 heterocycles. The van der Waals surface area contributed by atoms with Crippen LogP contribution in [0.25, 0.3) is 10.9 Å². The maximum atomic E-state index is 13.0. The van der Waals surface area contributed by atoms with Crippen LogP contribution in [0.2, 0.25) is 0 Å². The Morgan fingerprint density at radius 1 is 0.973 bits per heavy atom. The Hall–Kier alpha value is -3.63. The van der Waals surface area contributed by atoms with Gasteiger partial charge in [-0.25, -0.2) is 0 Å². The van der Waals surface area contributed by atoms with Crippen LogP contribution in [0.1, 0.15) is 28.8 Å². The van der Waals surface area contributed by atoms with Crippen molar-refractivity contribution in [3.05, 3.63) is 90.4 Å². The van der Waals surface area contributed by atoms with Crippen molar-refractivity contribution in [1.82, 2.24) is 14.9 Å². The highest BCUT2D eigenvalue weighted by Gasteiger charge is 2.32. The fourth-order valence-corrected chi connectivity index (χ4v) is 5.82. The van der Waals surface area contributed by atoms with E-state index in [1.165, 1.54) is 12.3 Å². The molecule has 6 nitrogen and oxygen atoms in total. The Bertz CT molecular complexity index is 1390. The summed E-state index contributed by atoms with van der Waals surface area (Å²) >= 11 is -1.13. The van der Waals surface area contributed by atoms with Crippen molar-refractivity contribution < 1.29 is 22.5 Å². The summed E-state index contributed by atoms with van der Waals surface area (Å²) in [5, 5.41) is 3.76. The topological polar surface area (TPSA) is 81.2 Å². The van der Waals surface area contributed by atoms with E-state index >= 15 is 0 Å². The van der Waals surface area contributed by atoms with Crippen LogP contribution in [0.15, 0.2) is 84.1 Å². The molecule has 1 aliphatic rings. The molecule has 4 aromatic rings. The second-order valence-electron chi connectivity index (χ2n) is 8.76. The number of carbonyl (C=O) groups excluding carboxylic acids is 1. The van der Waals surface area contributed by atoms with E-state index in [0.29, 0.717) is 48.3 Å². The van der Waals surface area contributed by atoms with Gasteiger partial charge in [-0.1, -0.05) is 6.07 Å². The number of carbonyl (C=O) groups is 1. The van der Waals surface area contributed by atoms with Crippen molar-refractivity contribution in [2.75, 3.05) is 18.4 Å². The van der Waals surface area contributed by atoms with Gasteiger partial charge in [0.05, 0.1) is 11.1 Å². The summed E-state index contributed by atoms with van der Waals surface area (Å²) in [5.74, 6) is -0.0891. The molecule has 2 aromatic heterocycles. The van der Waals surface area contributed by atoms with Crippen LogP contribution in [-0.4, -0.2) is 43.7 Å². The fourth-order valence-electron chi connectivity index (χ4n) is 4.41. The second kappa shape index (κ2) is 10.4. The molecule has 0 saturated carbocycles. The predicted molar refractivity (Wildman–Crippen MR) is 136 cm³/mol. The lowest BCUT2D eigenvalue weighted by atomic mass is 10.1. The Kier molecular flexibility index (Phi) is 7.03. The number of halogens is 3. The minimum atomic E-state index is -4.44. The zero-order valence-corrected chi connectivity index (χ0v) is 20.4. The first-order chi connectivity index (χ1) is 17.8. The Balaban J connectivity index is 1.23. The number of hydrogen-bond acceptors (Lipinski definition) is 5. The molecule has 1 N–H and O–H groups in total. The first-order valence-corrected chi connectivity index (χ1v) is 12.9. The standard InChI is InChI=1S/C27H23F3N4O2S/c28-27(29,30)19-3-6-23-24(9-14-32-25(23)17-19)33-20-4-1-18(2-5-20)26(35)34-15-10-22(11-16-34)37(36)21-7-12-31-13-8-21/h1-9,12-14,17,22H,10-11,15-16H2,(H,32,33). The first-order valence-electron chi connectivity index (χ1n) is 11.7. The van der Waals surface area contributed by atoms with E-state index in [9.17, 15) is 22.5 Å². The quantitative estimate of drug-likeness (QED) is 0.334. The number of nitrogens with one attached hydrogen (secondary N) is 1. The lowest BCUT2D eigenvalue weighted by Gasteiger charge is -2.32. The Labute approximate surface area is 214 Å². The number of piperidine rings is 1. The van der Waals surface area contributed by atoms with Crippen LogP contribution in [0.4, 0.5) is 24.5 Å². The zero-order valence-electron chi connectivity index (χ0n) is 19.6. The average Bonchev–Trinajstić information content (AvgIpc) is 2.92. The molecule has 2 aromatic carbocycles. The molecule has 1 fully saturated rings. The van der Waals surface area contributed by atoms with Gasteiger partial charge in [0.2, 0.25) is 0 Å². The van der Waals surface area contributed by atoms with Crippen molar-refractivity contribution in [1.29, 1.82) is 0 Å². The largest absolute Gasteiger partial charge is 0.611 e. The van der Waals surface area contributed by atoms with Crippen molar-refractivity contribution in [2.24, 2.45) is 0 Å². The van der Waals surface area contributed by atoms with Gasteiger partial charge in [-0.3, -0.25) is 14.8 Å². The van der Waals surface area contributed by atoms with Gasteiger partial charge in [0, 0.05) is 79.0 Å². The van der Waals surface area contributed by atoms with Crippen molar-refractivity contribution in [3.8, 4) is 0 Å². The van der Waals surface area contributed by atoms with Crippen LogP contribution in [0, 0.1) is 0 Å². The Morgan fingerprint density at radius 2 is 1.68 bits per heavy atom. The number of aromatic nitrogens is 2. The smallest absolute Gasteiger partial charge is 0.416 e. The molecule has 0 bridgehead atoms. The molecule has 37 heavy (non-hydrogen) atoms. The molecule has 5 rings (SSSR count). The third kappa shape index (κ3) is 5.55. The highest BCUT2D eigenvalue weighted by molar-refractivity contribution is 7.92. The minimum Gasteiger partial charge on any atom is -0.611 e. The lowest BCUT2D eigenvalue weighted by Crippen LogP contribution is -2.42. The number of anilines is 2. The van der Waals surface area contributed by atoms with Gasteiger partial charge in [-0.05, 0) is 53.6 Å². The first kappa shape index (κ1) is 25.0. The number of fused-ring (bicyclic) bond motifs is 1. The molecule has 0 aliphatic carbocycles. The molecule has 1 atom stereocenters.